The highest BCUT2D eigenvalue weighted by Crippen LogP contribution is 2.38. The Morgan fingerprint density at radius 3 is 2.39 bits per heavy atom. The summed E-state index contributed by atoms with van der Waals surface area (Å²) in [6.07, 6.45) is 0. The van der Waals surface area contributed by atoms with Gasteiger partial charge in [-0.1, -0.05) is 47.0 Å². The van der Waals surface area contributed by atoms with Crippen LogP contribution in [0.4, 0.5) is 11.4 Å². The van der Waals surface area contributed by atoms with Gasteiger partial charge in [0.05, 0.1) is 16.3 Å². The fourth-order valence-corrected chi connectivity index (χ4v) is 4.09. The number of benzene rings is 2. The summed E-state index contributed by atoms with van der Waals surface area (Å²) < 4.78 is 0. The Kier molecular flexibility index (Phi) is 4.98. The normalized spacial score (nSPS) is 14.2. The Morgan fingerprint density at radius 1 is 0.964 bits per heavy atom. The van der Waals surface area contributed by atoms with Crippen LogP contribution < -0.4 is 10.2 Å². The van der Waals surface area contributed by atoms with E-state index in [0.717, 1.165) is 16.2 Å². The highest BCUT2D eigenvalue weighted by molar-refractivity contribution is 7.11. The predicted molar refractivity (Wildman–Crippen MR) is 115 cm³/mol. The molecule has 4 nitrogen and oxygen atoms in total. The van der Waals surface area contributed by atoms with Crippen molar-refractivity contribution in [2.45, 2.75) is 6.92 Å². The standard InChI is InChI=1S/C21H14Cl2N2O2S/c1-12-4-7-14(8-5-12)24-19-18(17-3-2-10-28-17)20(26)25(21(19)27)16-11-13(22)6-9-15(16)23/h2-11,24H,1H3. The number of imide groups is 1. The monoisotopic (exact) mass is 428 g/mol. The second kappa shape index (κ2) is 7.43. The minimum atomic E-state index is -0.474. The van der Waals surface area contributed by atoms with E-state index in [0.29, 0.717) is 15.5 Å². The topological polar surface area (TPSA) is 49.4 Å². The first-order valence-corrected chi connectivity index (χ1v) is 10.0. The maximum absolute atomic E-state index is 13.2. The van der Waals surface area contributed by atoms with Crippen molar-refractivity contribution in [3.8, 4) is 0 Å². The van der Waals surface area contributed by atoms with E-state index in [-0.39, 0.29) is 16.4 Å². The number of amides is 2. The van der Waals surface area contributed by atoms with E-state index in [9.17, 15) is 9.59 Å². The average molecular weight is 429 g/mol. The lowest BCUT2D eigenvalue weighted by atomic mass is 10.1. The number of hydrogen-bond donors (Lipinski definition) is 1. The number of carbonyl (C=O) groups is 2. The number of hydrogen-bond acceptors (Lipinski definition) is 4. The van der Waals surface area contributed by atoms with Crippen LogP contribution >= 0.6 is 34.5 Å². The van der Waals surface area contributed by atoms with Gasteiger partial charge in [-0.2, -0.15) is 0 Å². The first kappa shape index (κ1) is 18.7. The second-order valence-corrected chi connectivity index (χ2v) is 8.05. The Labute approximate surface area is 176 Å². The molecule has 7 heteroatoms. The molecule has 1 aromatic heterocycles. The van der Waals surface area contributed by atoms with Crippen molar-refractivity contribution in [3.63, 3.8) is 0 Å². The van der Waals surface area contributed by atoms with E-state index in [4.69, 9.17) is 23.2 Å². The second-order valence-electron chi connectivity index (χ2n) is 6.26. The first-order chi connectivity index (χ1) is 13.5. The number of nitrogens with zero attached hydrogens (tertiary/aromatic N) is 1. The molecule has 0 aliphatic carbocycles. The summed E-state index contributed by atoms with van der Waals surface area (Å²) in [5.74, 6) is -0.913. The quantitative estimate of drug-likeness (QED) is 0.537. The third-order valence-corrected chi connectivity index (χ3v) is 5.76. The van der Waals surface area contributed by atoms with Gasteiger partial charge in [-0.15, -0.1) is 11.3 Å². The van der Waals surface area contributed by atoms with Gasteiger partial charge in [0, 0.05) is 15.6 Å². The SMILES string of the molecule is Cc1ccc(NC2=C(c3cccs3)C(=O)N(c3cc(Cl)ccc3Cl)C2=O)cc1. The molecule has 1 aliphatic heterocycles. The van der Waals surface area contributed by atoms with Crippen molar-refractivity contribution in [3.05, 3.63) is 86.2 Å². The van der Waals surface area contributed by atoms with E-state index in [1.807, 2.05) is 48.7 Å². The van der Waals surface area contributed by atoms with Gasteiger partial charge in [0.15, 0.2) is 0 Å². The largest absolute Gasteiger partial charge is 0.350 e. The zero-order valence-corrected chi connectivity index (χ0v) is 17.0. The number of thiophene rings is 1. The first-order valence-electron chi connectivity index (χ1n) is 8.41. The summed E-state index contributed by atoms with van der Waals surface area (Å²) in [7, 11) is 0. The van der Waals surface area contributed by atoms with Crippen LogP contribution in [0.15, 0.2) is 65.7 Å². The van der Waals surface area contributed by atoms with Crippen LogP contribution in [0, 0.1) is 6.92 Å². The summed E-state index contributed by atoms with van der Waals surface area (Å²) in [4.78, 5) is 28.3. The zero-order valence-electron chi connectivity index (χ0n) is 14.7. The van der Waals surface area contributed by atoms with Gasteiger partial charge >= 0.3 is 0 Å². The van der Waals surface area contributed by atoms with Crippen LogP contribution in [0.2, 0.25) is 10.0 Å². The lowest BCUT2D eigenvalue weighted by molar-refractivity contribution is -0.120. The van der Waals surface area contributed by atoms with Gasteiger partial charge in [-0.3, -0.25) is 9.59 Å². The van der Waals surface area contributed by atoms with Crippen molar-refractivity contribution in [1.82, 2.24) is 0 Å². The van der Waals surface area contributed by atoms with E-state index < -0.39 is 11.8 Å². The molecule has 2 heterocycles. The van der Waals surface area contributed by atoms with Gasteiger partial charge in [-0.05, 0) is 48.7 Å². The molecule has 0 spiro atoms. The van der Waals surface area contributed by atoms with Crippen LogP contribution in [0.5, 0.6) is 0 Å². The molecule has 1 aliphatic rings. The van der Waals surface area contributed by atoms with Crippen molar-refractivity contribution in [2.24, 2.45) is 0 Å². The predicted octanol–water partition coefficient (Wildman–Crippen LogP) is 5.76. The van der Waals surface area contributed by atoms with E-state index in [2.05, 4.69) is 5.32 Å². The van der Waals surface area contributed by atoms with Crippen molar-refractivity contribution < 1.29 is 9.59 Å². The Bertz CT molecular complexity index is 1110. The summed E-state index contributed by atoms with van der Waals surface area (Å²) >= 11 is 13.7. The van der Waals surface area contributed by atoms with Crippen LogP contribution in [0.3, 0.4) is 0 Å². The molecule has 2 amide bonds. The minimum absolute atomic E-state index is 0.215. The van der Waals surface area contributed by atoms with Crippen LogP contribution in [0.25, 0.3) is 5.57 Å². The van der Waals surface area contributed by atoms with E-state index in [1.165, 1.54) is 17.4 Å². The lowest BCUT2D eigenvalue weighted by Crippen LogP contribution is -2.32. The average Bonchev–Trinajstić information content (AvgIpc) is 3.27. The van der Waals surface area contributed by atoms with E-state index in [1.54, 1.807) is 12.1 Å². The third kappa shape index (κ3) is 3.33. The Hall–Kier alpha value is -2.60. The Balaban J connectivity index is 1.82. The van der Waals surface area contributed by atoms with Crippen molar-refractivity contribution in [1.29, 1.82) is 0 Å². The molecule has 0 saturated heterocycles. The molecule has 1 N–H and O–H groups in total. The third-order valence-electron chi connectivity index (χ3n) is 4.32. The molecule has 0 unspecified atom stereocenters. The number of rotatable bonds is 4. The molecule has 0 fully saturated rings. The van der Waals surface area contributed by atoms with Gasteiger partial charge in [-0.25, -0.2) is 4.90 Å². The van der Waals surface area contributed by atoms with Crippen LogP contribution in [0.1, 0.15) is 10.4 Å². The van der Waals surface area contributed by atoms with Gasteiger partial charge in [0.2, 0.25) is 0 Å². The molecule has 2 aromatic carbocycles. The molecule has 140 valence electrons. The van der Waals surface area contributed by atoms with Crippen molar-refractivity contribution >= 4 is 63.3 Å². The van der Waals surface area contributed by atoms with Gasteiger partial charge in [0.25, 0.3) is 11.8 Å². The highest BCUT2D eigenvalue weighted by Gasteiger charge is 2.41. The van der Waals surface area contributed by atoms with Crippen LogP contribution in [-0.2, 0) is 9.59 Å². The number of nitrogens with one attached hydrogen (secondary N) is 1. The fraction of sp³-hybridized carbons (Fsp3) is 0.0476. The number of anilines is 2. The summed E-state index contributed by atoms with van der Waals surface area (Å²) in [6.45, 7) is 1.98. The molecule has 4 rings (SSSR count). The number of halogens is 2. The van der Waals surface area contributed by atoms with Gasteiger partial charge in [0.1, 0.15) is 5.70 Å². The molecule has 3 aromatic rings. The number of aryl methyl sites for hydroxylation is 1. The van der Waals surface area contributed by atoms with Crippen molar-refractivity contribution in [2.75, 3.05) is 10.2 Å². The molecule has 0 saturated carbocycles. The molecule has 28 heavy (non-hydrogen) atoms. The van der Waals surface area contributed by atoms with Crippen LogP contribution in [-0.4, -0.2) is 11.8 Å². The summed E-state index contributed by atoms with van der Waals surface area (Å²) in [5.41, 5.74) is 2.61. The van der Waals surface area contributed by atoms with Gasteiger partial charge < -0.3 is 5.32 Å². The number of carbonyl (C=O) groups excluding carboxylic acids is 2. The molecule has 0 atom stereocenters. The summed E-state index contributed by atoms with van der Waals surface area (Å²) in [5, 5.41) is 5.64. The maximum atomic E-state index is 13.2. The minimum Gasteiger partial charge on any atom is -0.350 e. The van der Waals surface area contributed by atoms with E-state index >= 15 is 0 Å². The fourth-order valence-electron chi connectivity index (χ4n) is 2.95. The zero-order chi connectivity index (χ0) is 19.8. The maximum Gasteiger partial charge on any atom is 0.282 e. The molecular weight excluding hydrogens is 415 g/mol. The molecule has 0 radical (unpaired) electrons. The smallest absolute Gasteiger partial charge is 0.282 e. The summed E-state index contributed by atoms with van der Waals surface area (Å²) in [6, 6.07) is 15.9. The Morgan fingerprint density at radius 2 is 1.71 bits per heavy atom. The molecular formula is C21H14Cl2N2O2S. The highest BCUT2D eigenvalue weighted by atomic mass is 35.5. The lowest BCUT2D eigenvalue weighted by Gasteiger charge is -2.17. The molecule has 0 bridgehead atoms.